The molecule has 1 heterocycles. The molecule has 0 unspecified atom stereocenters. The summed E-state index contributed by atoms with van der Waals surface area (Å²) in [4.78, 5) is 22.9. The van der Waals surface area contributed by atoms with Gasteiger partial charge in [-0.25, -0.2) is 9.59 Å². The van der Waals surface area contributed by atoms with Crippen molar-refractivity contribution >= 4 is 29.3 Å². The molecule has 2 amide bonds. The molecule has 3 N–H and O–H groups in total. The van der Waals surface area contributed by atoms with Crippen molar-refractivity contribution in [2.45, 2.75) is 18.9 Å². The number of benzene rings is 1. The van der Waals surface area contributed by atoms with Gasteiger partial charge in [0.1, 0.15) is 0 Å². The summed E-state index contributed by atoms with van der Waals surface area (Å²) in [6, 6.07) is 3.83. The summed E-state index contributed by atoms with van der Waals surface area (Å²) in [7, 11) is 0. The number of anilines is 1. The summed E-state index contributed by atoms with van der Waals surface area (Å²) in [5, 5.41) is 14.7. The quantitative estimate of drug-likeness (QED) is 0.799. The monoisotopic (exact) mass is 298 g/mol. The van der Waals surface area contributed by atoms with Crippen LogP contribution in [0.25, 0.3) is 0 Å². The van der Waals surface area contributed by atoms with Crippen LogP contribution in [0, 0.1) is 0 Å². The normalized spacial score (nSPS) is 15.7. The Morgan fingerprint density at radius 3 is 2.65 bits per heavy atom. The Morgan fingerprint density at radius 2 is 2.00 bits per heavy atom. The third-order valence-electron chi connectivity index (χ3n) is 3.02. The highest BCUT2D eigenvalue weighted by Gasteiger charge is 2.18. The van der Waals surface area contributed by atoms with E-state index in [9.17, 15) is 9.59 Å². The fraction of sp³-hybridized carbons (Fsp3) is 0.385. The molecule has 2 rings (SSSR count). The van der Waals surface area contributed by atoms with Crippen LogP contribution in [0.15, 0.2) is 18.2 Å². The molecule has 0 aliphatic carbocycles. The van der Waals surface area contributed by atoms with Crippen LogP contribution in [0.4, 0.5) is 10.5 Å². The molecule has 1 aromatic rings. The second-order valence-corrected chi connectivity index (χ2v) is 4.92. The number of rotatable bonds is 3. The van der Waals surface area contributed by atoms with E-state index in [4.69, 9.17) is 21.4 Å². The molecular formula is C13H15ClN2O4. The van der Waals surface area contributed by atoms with Gasteiger partial charge in [0.25, 0.3) is 0 Å². The van der Waals surface area contributed by atoms with Crippen LogP contribution in [0.3, 0.4) is 0 Å². The predicted molar refractivity (Wildman–Crippen MR) is 74.4 cm³/mol. The average Bonchev–Trinajstić information content (AvgIpc) is 2.39. The Morgan fingerprint density at radius 1 is 1.30 bits per heavy atom. The highest BCUT2D eigenvalue weighted by Crippen LogP contribution is 2.21. The molecule has 0 saturated carbocycles. The zero-order valence-corrected chi connectivity index (χ0v) is 11.4. The van der Waals surface area contributed by atoms with E-state index >= 15 is 0 Å². The summed E-state index contributed by atoms with van der Waals surface area (Å²) in [5.74, 6) is -1.12. The second kappa shape index (κ2) is 6.58. The molecule has 0 aromatic heterocycles. The SMILES string of the molecule is O=C(Nc1cc(Cl)ccc1C(=O)O)NC1CCOCC1. The topological polar surface area (TPSA) is 87.7 Å². The van der Waals surface area contributed by atoms with Gasteiger partial charge >= 0.3 is 12.0 Å². The second-order valence-electron chi connectivity index (χ2n) is 4.48. The van der Waals surface area contributed by atoms with Crippen molar-refractivity contribution in [3.8, 4) is 0 Å². The Labute approximate surface area is 121 Å². The van der Waals surface area contributed by atoms with Crippen molar-refractivity contribution in [2.24, 2.45) is 0 Å². The maximum Gasteiger partial charge on any atom is 0.337 e. The fourth-order valence-electron chi connectivity index (χ4n) is 1.99. The van der Waals surface area contributed by atoms with E-state index in [1.54, 1.807) is 0 Å². The van der Waals surface area contributed by atoms with E-state index in [1.807, 2.05) is 0 Å². The zero-order chi connectivity index (χ0) is 14.5. The van der Waals surface area contributed by atoms with Crippen LogP contribution in [0.1, 0.15) is 23.2 Å². The number of halogens is 1. The minimum absolute atomic E-state index is 0.00322. The molecule has 0 atom stereocenters. The number of hydrogen-bond donors (Lipinski definition) is 3. The number of carboxylic acid groups (broad SMARTS) is 1. The molecular weight excluding hydrogens is 284 g/mol. The summed E-state index contributed by atoms with van der Waals surface area (Å²) >= 11 is 5.82. The largest absolute Gasteiger partial charge is 0.478 e. The minimum Gasteiger partial charge on any atom is -0.478 e. The summed E-state index contributed by atoms with van der Waals surface area (Å²) < 4.78 is 5.20. The Balaban J connectivity index is 2.03. The fourth-order valence-corrected chi connectivity index (χ4v) is 2.16. The molecule has 1 fully saturated rings. The van der Waals surface area contributed by atoms with Crippen molar-refractivity contribution in [1.29, 1.82) is 0 Å². The molecule has 1 aliphatic rings. The lowest BCUT2D eigenvalue weighted by atomic mass is 10.1. The van der Waals surface area contributed by atoms with Crippen molar-refractivity contribution in [2.75, 3.05) is 18.5 Å². The Bertz CT molecular complexity index is 515. The number of carbonyl (C=O) groups excluding carboxylic acids is 1. The lowest BCUT2D eigenvalue weighted by molar-refractivity contribution is 0.0698. The Hall–Kier alpha value is -1.79. The molecule has 0 radical (unpaired) electrons. The first-order valence-electron chi connectivity index (χ1n) is 6.24. The van der Waals surface area contributed by atoms with Crippen molar-refractivity contribution < 1.29 is 19.4 Å². The van der Waals surface area contributed by atoms with Gasteiger partial charge < -0.3 is 20.5 Å². The van der Waals surface area contributed by atoms with Gasteiger partial charge in [0.05, 0.1) is 11.3 Å². The summed E-state index contributed by atoms with van der Waals surface area (Å²) in [5.41, 5.74) is 0.172. The molecule has 0 bridgehead atoms. The van der Waals surface area contributed by atoms with Gasteiger partial charge in [0.15, 0.2) is 0 Å². The average molecular weight is 299 g/mol. The van der Waals surface area contributed by atoms with E-state index in [-0.39, 0.29) is 17.3 Å². The van der Waals surface area contributed by atoms with E-state index in [0.717, 1.165) is 12.8 Å². The van der Waals surface area contributed by atoms with Crippen LogP contribution in [0.2, 0.25) is 5.02 Å². The van der Waals surface area contributed by atoms with Gasteiger partial charge in [-0.15, -0.1) is 0 Å². The van der Waals surface area contributed by atoms with Gasteiger partial charge in [-0.1, -0.05) is 11.6 Å². The first kappa shape index (κ1) is 14.6. The van der Waals surface area contributed by atoms with E-state index in [1.165, 1.54) is 18.2 Å². The van der Waals surface area contributed by atoms with E-state index in [0.29, 0.717) is 18.2 Å². The standard InChI is InChI=1S/C13H15ClN2O4/c14-8-1-2-10(12(17)18)11(7-8)16-13(19)15-9-3-5-20-6-4-9/h1-2,7,9H,3-6H2,(H,17,18)(H2,15,16,19). The molecule has 6 nitrogen and oxygen atoms in total. The molecule has 1 aliphatic heterocycles. The number of carbonyl (C=O) groups is 2. The smallest absolute Gasteiger partial charge is 0.337 e. The first-order valence-corrected chi connectivity index (χ1v) is 6.62. The maximum absolute atomic E-state index is 11.9. The van der Waals surface area contributed by atoms with Gasteiger partial charge in [-0.2, -0.15) is 0 Å². The minimum atomic E-state index is -1.12. The van der Waals surface area contributed by atoms with Crippen molar-refractivity contribution in [3.63, 3.8) is 0 Å². The first-order chi connectivity index (χ1) is 9.56. The molecule has 7 heteroatoms. The number of aromatic carboxylic acids is 1. The lowest BCUT2D eigenvalue weighted by Gasteiger charge is -2.23. The van der Waals surface area contributed by atoms with Crippen LogP contribution in [-0.2, 0) is 4.74 Å². The maximum atomic E-state index is 11.9. The third-order valence-corrected chi connectivity index (χ3v) is 3.25. The van der Waals surface area contributed by atoms with E-state index in [2.05, 4.69) is 10.6 Å². The Kier molecular flexibility index (Phi) is 4.81. The predicted octanol–water partition coefficient (Wildman–Crippen LogP) is 2.34. The van der Waals surface area contributed by atoms with Crippen LogP contribution >= 0.6 is 11.6 Å². The van der Waals surface area contributed by atoms with Crippen LogP contribution in [-0.4, -0.2) is 36.4 Å². The lowest BCUT2D eigenvalue weighted by Crippen LogP contribution is -2.41. The molecule has 20 heavy (non-hydrogen) atoms. The summed E-state index contributed by atoms with van der Waals surface area (Å²) in [6.07, 6.45) is 1.49. The number of hydrogen-bond acceptors (Lipinski definition) is 3. The molecule has 0 spiro atoms. The molecule has 108 valence electrons. The molecule has 1 saturated heterocycles. The summed E-state index contributed by atoms with van der Waals surface area (Å²) in [6.45, 7) is 1.23. The number of ether oxygens (including phenoxy) is 1. The number of nitrogens with one attached hydrogen (secondary N) is 2. The van der Waals surface area contributed by atoms with Crippen LogP contribution in [0.5, 0.6) is 0 Å². The van der Waals surface area contributed by atoms with Crippen molar-refractivity contribution in [3.05, 3.63) is 28.8 Å². The highest BCUT2D eigenvalue weighted by atomic mass is 35.5. The number of urea groups is 1. The van der Waals surface area contributed by atoms with Gasteiger partial charge in [0.2, 0.25) is 0 Å². The third kappa shape index (κ3) is 3.85. The van der Waals surface area contributed by atoms with Crippen LogP contribution < -0.4 is 10.6 Å². The molecule has 1 aromatic carbocycles. The van der Waals surface area contributed by atoms with E-state index < -0.39 is 12.0 Å². The highest BCUT2D eigenvalue weighted by molar-refractivity contribution is 6.31. The van der Waals surface area contributed by atoms with Gasteiger partial charge in [-0.3, -0.25) is 0 Å². The number of carboxylic acids is 1. The van der Waals surface area contributed by atoms with Gasteiger partial charge in [-0.05, 0) is 31.0 Å². The van der Waals surface area contributed by atoms with Gasteiger partial charge in [0, 0.05) is 24.3 Å². The van der Waals surface area contributed by atoms with Crippen molar-refractivity contribution in [1.82, 2.24) is 5.32 Å². The zero-order valence-electron chi connectivity index (χ0n) is 10.7. The number of amides is 2.